The summed E-state index contributed by atoms with van der Waals surface area (Å²) in [6, 6.07) is 7.85. The van der Waals surface area contributed by atoms with E-state index < -0.39 is 0 Å². The fourth-order valence-corrected chi connectivity index (χ4v) is 3.94. The topological polar surface area (TPSA) is 66.3 Å². The van der Waals surface area contributed by atoms with Crippen molar-refractivity contribution in [3.63, 3.8) is 0 Å². The third-order valence-electron chi connectivity index (χ3n) is 5.44. The summed E-state index contributed by atoms with van der Waals surface area (Å²) in [5.41, 5.74) is 4.07. The number of aromatic nitrogens is 3. The first-order chi connectivity index (χ1) is 13.2. The molecule has 1 aromatic heterocycles. The fourth-order valence-electron chi connectivity index (χ4n) is 3.94. The number of rotatable bonds is 3. The predicted molar refractivity (Wildman–Crippen MR) is 104 cm³/mol. The summed E-state index contributed by atoms with van der Waals surface area (Å²) in [7, 11) is 0. The van der Waals surface area contributed by atoms with Crippen molar-refractivity contribution in [2.45, 2.75) is 52.2 Å². The molecule has 0 saturated carbocycles. The van der Waals surface area contributed by atoms with E-state index in [1.165, 1.54) is 19.3 Å². The van der Waals surface area contributed by atoms with Gasteiger partial charge in [-0.25, -0.2) is 9.48 Å². The maximum Gasteiger partial charge on any atom is 0.322 e. The van der Waals surface area contributed by atoms with Crippen molar-refractivity contribution in [3.8, 4) is 0 Å². The zero-order valence-corrected chi connectivity index (χ0v) is 16.0. The van der Waals surface area contributed by atoms with E-state index in [0.29, 0.717) is 6.54 Å². The molecule has 1 saturated heterocycles. The van der Waals surface area contributed by atoms with Gasteiger partial charge in [0.2, 0.25) is 0 Å². The molecule has 0 radical (unpaired) electrons. The number of likely N-dealkylation sites (tertiary alicyclic amines) is 1. The van der Waals surface area contributed by atoms with Gasteiger partial charge in [-0.05, 0) is 57.0 Å². The third kappa shape index (κ3) is 4.30. The minimum Gasteiger partial charge on any atom is -0.319 e. The van der Waals surface area contributed by atoms with Crippen LogP contribution in [0.15, 0.2) is 24.3 Å². The molecular weight excluding hydrogens is 340 g/mol. The van der Waals surface area contributed by atoms with Gasteiger partial charge in [0.1, 0.15) is 5.69 Å². The summed E-state index contributed by atoms with van der Waals surface area (Å²) in [5.74, 6) is 0. The van der Waals surface area contributed by atoms with Crippen LogP contribution < -0.4 is 5.32 Å². The molecule has 0 bridgehead atoms. The molecule has 2 aromatic rings. The van der Waals surface area contributed by atoms with Gasteiger partial charge in [-0.1, -0.05) is 23.8 Å². The van der Waals surface area contributed by atoms with Crippen molar-refractivity contribution in [2.24, 2.45) is 0 Å². The number of carbonyl (C=O) groups excluding carboxylic acids is 1. The van der Waals surface area contributed by atoms with Crippen molar-refractivity contribution < 1.29 is 4.79 Å². The summed E-state index contributed by atoms with van der Waals surface area (Å²) in [5, 5.41) is 11.8. The third-order valence-corrected chi connectivity index (χ3v) is 5.44. The van der Waals surface area contributed by atoms with Gasteiger partial charge >= 0.3 is 6.03 Å². The molecule has 144 valence electrons. The molecule has 2 aliphatic heterocycles. The Labute approximate surface area is 160 Å². The standard InChI is InChI=1S/C20H28N6O/c1-16-7-5-8-17(13-16)21-20(27)25-11-6-12-26-19(15-25)18(22-23-26)14-24-9-3-2-4-10-24/h5,7-8,13H,2-4,6,9-12,14-15H2,1H3,(H,21,27). The highest BCUT2D eigenvalue weighted by molar-refractivity contribution is 5.89. The lowest BCUT2D eigenvalue weighted by atomic mass is 10.1. The van der Waals surface area contributed by atoms with E-state index in [0.717, 1.165) is 61.8 Å². The lowest BCUT2D eigenvalue weighted by molar-refractivity contribution is 0.207. The van der Waals surface area contributed by atoms with Crippen LogP contribution in [0.25, 0.3) is 0 Å². The lowest BCUT2D eigenvalue weighted by Crippen LogP contribution is -2.35. The number of fused-ring (bicyclic) bond motifs is 1. The number of nitrogens with one attached hydrogen (secondary N) is 1. The van der Waals surface area contributed by atoms with Crippen molar-refractivity contribution in [2.75, 3.05) is 25.0 Å². The molecule has 0 aliphatic carbocycles. The number of piperidine rings is 1. The summed E-state index contributed by atoms with van der Waals surface area (Å²) in [6.07, 6.45) is 4.73. The predicted octanol–water partition coefficient (Wildman–Crippen LogP) is 3.01. The van der Waals surface area contributed by atoms with Gasteiger partial charge < -0.3 is 10.2 Å². The molecule has 4 rings (SSSR count). The number of anilines is 1. The van der Waals surface area contributed by atoms with E-state index in [4.69, 9.17) is 0 Å². The Morgan fingerprint density at radius 3 is 2.78 bits per heavy atom. The van der Waals surface area contributed by atoms with Gasteiger partial charge in [-0.15, -0.1) is 5.10 Å². The minimum atomic E-state index is -0.0563. The van der Waals surface area contributed by atoms with Crippen LogP contribution in [0.3, 0.4) is 0 Å². The number of amides is 2. The molecule has 0 unspecified atom stereocenters. The Balaban J connectivity index is 1.46. The second kappa shape index (κ2) is 8.08. The molecular formula is C20H28N6O. The number of hydrogen-bond donors (Lipinski definition) is 1. The van der Waals surface area contributed by atoms with Crippen molar-refractivity contribution in [3.05, 3.63) is 41.2 Å². The van der Waals surface area contributed by atoms with Crippen molar-refractivity contribution in [1.29, 1.82) is 0 Å². The zero-order valence-electron chi connectivity index (χ0n) is 16.0. The first-order valence-electron chi connectivity index (χ1n) is 9.95. The summed E-state index contributed by atoms with van der Waals surface area (Å²) < 4.78 is 1.99. The summed E-state index contributed by atoms with van der Waals surface area (Å²) in [4.78, 5) is 17.2. The van der Waals surface area contributed by atoms with Crippen LogP contribution in [0, 0.1) is 6.92 Å². The fraction of sp³-hybridized carbons (Fsp3) is 0.550. The van der Waals surface area contributed by atoms with Crippen LogP contribution >= 0.6 is 0 Å². The Bertz CT molecular complexity index is 796. The van der Waals surface area contributed by atoms with E-state index in [1.807, 2.05) is 40.8 Å². The summed E-state index contributed by atoms with van der Waals surface area (Å²) >= 11 is 0. The maximum atomic E-state index is 12.8. The van der Waals surface area contributed by atoms with Crippen LogP contribution in [0.1, 0.15) is 42.6 Å². The number of benzene rings is 1. The molecule has 2 amide bonds. The normalized spacial score (nSPS) is 18.0. The van der Waals surface area contributed by atoms with Gasteiger partial charge in [0.15, 0.2) is 0 Å². The van der Waals surface area contributed by atoms with Crippen LogP contribution in [0.4, 0.5) is 10.5 Å². The summed E-state index contributed by atoms with van der Waals surface area (Å²) in [6.45, 7) is 7.23. The largest absolute Gasteiger partial charge is 0.322 e. The molecule has 27 heavy (non-hydrogen) atoms. The van der Waals surface area contributed by atoms with Crippen LogP contribution in [-0.2, 0) is 19.6 Å². The van der Waals surface area contributed by atoms with Crippen LogP contribution in [0.2, 0.25) is 0 Å². The molecule has 7 heteroatoms. The van der Waals surface area contributed by atoms with Gasteiger partial charge in [0.25, 0.3) is 0 Å². The van der Waals surface area contributed by atoms with Crippen LogP contribution in [0.5, 0.6) is 0 Å². The second-order valence-corrected chi connectivity index (χ2v) is 7.62. The van der Waals surface area contributed by atoms with Crippen LogP contribution in [-0.4, -0.2) is 50.5 Å². The van der Waals surface area contributed by atoms with Gasteiger partial charge in [-0.3, -0.25) is 4.90 Å². The molecule has 7 nitrogen and oxygen atoms in total. The van der Waals surface area contributed by atoms with E-state index >= 15 is 0 Å². The Kier molecular flexibility index (Phi) is 5.38. The molecule has 0 atom stereocenters. The highest BCUT2D eigenvalue weighted by atomic mass is 16.2. The lowest BCUT2D eigenvalue weighted by Gasteiger charge is -2.26. The molecule has 0 spiro atoms. The second-order valence-electron chi connectivity index (χ2n) is 7.62. The number of aryl methyl sites for hydroxylation is 2. The first kappa shape index (κ1) is 18.0. The van der Waals surface area contributed by atoms with Gasteiger partial charge in [-0.2, -0.15) is 0 Å². The quantitative estimate of drug-likeness (QED) is 0.904. The van der Waals surface area contributed by atoms with E-state index in [-0.39, 0.29) is 6.03 Å². The molecule has 1 N–H and O–H groups in total. The van der Waals surface area contributed by atoms with Gasteiger partial charge in [0.05, 0.1) is 12.2 Å². The minimum absolute atomic E-state index is 0.0563. The molecule has 3 heterocycles. The zero-order chi connectivity index (χ0) is 18.6. The highest BCUT2D eigenvalue weighted by Crippen LogP contribution is 2.19. The maximum absolute atomic E-state index is 12.8. The Hall–Kier alpha value is -2.41. The van der Waals surface area contributed by atoms with E-state index in [2.05, 4.69) is 20.5 Å². The Morgan fingerprint density at radius 1 is 1.11 bits per heavy atom. The first-order valence-corrected chi connectivity index (χ1v) is 9.95. The van der Waals surface area contributed by atoms with E-state index in [1.54, 1.807) is 0 Å². The molecule has 1 fully saturated rings. The average molecular weight is 368 g/mol. The van der Waals surface area contributed by atoms with Crippen molar-refractivity contribution in [1.82, 2.24) is 24.8 Å². The Morgan fingerprint density at radius 2 is 1.96 bits per heavy atom. The number of urea groups is 1. The number of nitrogens with zero attached hydrogens (tertiary/aromatic N) is 5. The highest BCUT2D eigenvalue weighted by Gasteiger charge is 2.24. The number of hydrogen-bond acceptors (Lipinski definition) is 4. The van der Waals surface area contributed by atoms with E-state index in [9.17, 15) is 4.79 Å². The number of carbonyl (C=O) groups is 1. The van der Waals surface area contributed by atoms with Gasteiger partial charge in [0, 0.05) is 25.3 Å². The molecule has 1 aromatic carbocycles. The smallest absolute Gasteiger partial charge is 0.319 e. The SMILES string of the molecule is Cc1cccc(NC(=O)N2CCCn3nnc(CN4CCCCC4)c3C2)c1. The monoisotopic (exact) mass is 368 g/mol. The average Bonchev–Trinajstić information content (AvgIpc) is 2.90. The van der Waals surface area contributed by atoms with Crippen molar-refractivity contribution >= 4 is 11.7 Å². The molecule has 2 aliphatic rings.